The van der Waals surface area contributed by atoms with Crippen molar-refractivity contribution in [3.05, 3.63) is 168 Å². The van der Waals surface area contributed by atoms with Gasteiger partial charge in [-0.3, -0.25) is 0 Å². The highest BCUT2D eigenvalue weighted by atomic mass is 16.4. The predicted octanol–water partition coefficient (Wildman–Crippen LogP) is 13.2. The van der Waals surface area contributed by atoms with E-state index in [1.807, 2.05) is 48.5 Å². The molecule has 258 valence electrons. The number of rotatable bonds is 4. The van der Waals surface area contributed by atoms with Gasteiger partial charge in [-0.05, 0) is 121 Å². The van der Waals surface area contributed by atoms with Crippen LogP contribution in [0.2, 0.25) is 0 Å². The fourth-order valence-corrected chi connectivity index (χ4v) is 9.19. The molecule has 2 aliphatic rings. The summed E-state index contributed by atoms with van der Waals surface area (Å²) in [6, 6.07) is 51.7. The summed E-state index contributed by atoms with van der Waals surface area (Å²) in [4.78, 5) is 9.70. The minimum absolute atomic E-state index is 0.0322. The Morgan fingerprint density at radius 1 is 0.389 bits per heavy atom. The second-order valence-electron chi connectivity index (χ2n) is 15.8. The van der Waals surface area contributed by atoms with Crippen LogP contribution in [0, 0.1) is 0 Å². The largest absolute Gasteiger partial charge is 0.436 e. The van der Waals surface area contributed by atoms with Crippen LogP contribution in [0.15, 0.2) is 154 Å². The third-order valence-electron chi connectivity index (χ3n) is 11.9. The molecule has 7 aromatic carbocycles. The van der Waals surface area contributed by atoms with Crippen molar-refractivity contribution in [3.63, 3.8) is 0 Å². The third-order valence-corrected chi connectivity index (χ3v) is 11.9. The summed E-state index contributed by atoms with van der Waals surface area (Å²) in [5, 5.41) is 0. The standard InChI is InChI=1S/C50H36N2O2/c1-49(2)38-15-6-5-14-37(38)45-39(49)23-22-36-35-21-20-31(28-40(35)50(3,4)46(36)45)29-12-11-13-30(24-29)32-25-33(47-51-41-16-7-9-18-43(41)53-47)27-34(26-32)48-52-42-17-8-10-19-44(42)54-48/h5-28H,1-4H3. The Morgan fingerprint density at radius 3 is 1.63 bits per heavy atom. The molecule has 0 saturated carbocycles. The van der Waals surface area contributed by atoms with Crippen LogP contribution in [0.5, 0.6) is 0 Å². The predicted molar refractivity (Wildman–Crippen MR) is 218 cm³/mol. The molecule has 0 amide bonds. The number of hydrogen-bond donors (Lipinski definition) is 0. The summed E-state index contributed by atoms with van der Waals surface area (Å²) in [6.45, 7) is 9.53. The Bertz CT molecular complexity index is 2850. The fourth-order valence-electron chi connectivity index (χ4n) is 9.19. The maximum absolute atomic E-state index is 6.27. The van der Waals surface area contributed by atoms with Gasteiger partial charge < -0.3 is 8.83 Å². The zero-order chi connectivity index (χ0) is 36.3. The zero-order valence-corrected chi connectivity index (χ0v) is 30.6. The van der Waals surface area contributed by atoms with Crippen molar-refractivity contribution in [3.8, 4) is 67.4 Å². The molecule has 11 rings (SSSR count). The molecular weight excluding hydrogens is 661 g/mol. The molecule has 0 fully saturated rings. The highest BCUT2D eigenvalue weighted by Crippen LogP contribution is 2.59. The normalized spacial score (nSPS) is 14.6. The van der Waals surface area contributed by atoms with Crippen LogP contribution in [-0.4, -0.2) is 9.97 Å². The van der Waals surface area contributed by atoms with Crippen molar-refractivity contribution in [1.82, 2.24) is 9.97 Å². The second-order valence-corrected chi connectivity index (χ2v) is 15.8. The van der Waals surface area contributed by atoms with Gasteiger partial charge in [0.05, 0.1) is 0 Å². The summed E-state index contributed by atoms with van der Waals surface area (Å²) in [5.41, 5.74) is 20.3. The number of hydrogen-bond acceptors (Lipinski definition) is 4. The Morgan fingerprint density at radius 2 is 0.944 bits per heavy atom. The van der Waals surface area contributed by atoms with E-state index in [2.05, 4.69) is 125 Å². The summed E-state index contributed by atoms with van der Waals surface area (Å²) in [6.07, 6.45) is 0. The number of aromatic nitrogens is 2. The molecule has 0 aliphatic heterocycles. The van der Waals surface area contributed by atoms with Crippen LogP contribution in [0.4, 0.5) is 0 Å². The maximum Gasteiger partial charge on any atom is 0.227 e. The molecule has 9 aromatic rings. The second kappa shape index (κ2) is 11.0. The average molecular weight is 697 g/mol. The minimum atomic E-state index is -0.167. The maximum atomic E-state index is 6.27. The first-order valence-corrected chi connectivity index (χ1v) is 18.6. The van der Waals surface area contributed by atoms with E-state index >= 15 is 0 Å². The summed E-state index contributed by atoms with van der Waals surface area (Å²) in [5.74, 6) is 1.12. The Balaban J connectivity index is 1.03. The molecule has 4 nitrogen and oxygen atoms in total. The highest BCUT2D eigenvalue weighted by Gasteiger charge is 2.44. The first kappa shape index (κ1) is 31.0. The highest BCUT2D eigenvalue weighted by molar-refractivity contribution is 5.95. The van der Waals surface area contributed by atoms with Gasteiger partial charge in [-0.1, -0.05) is 119 Å². The van der Waals surface area contributed by atoms with Gasteiger partial charge >= 0.3 is 0 Å². The summed E-state index contributed by atoms with van der Waals surface area (Å²) < 4.78 is 12.5. The van der Waals surface area contributed by atoms with Gasteiger partial charge in [-0.15, -0.1) is 0 Å². The topological polar surface area (TPSA) is 52.1 Å². The number of fused-ring (bicyclic) bond motifs is 9. The first-order chi connectivity index (χ1) is 26.2. The quantitative estimate of drug-likeness (QED) is 0.184. The van der Waals surface area contributed by atoms with E-state index in [-0.39, 0.29) is 10.8 Å². The van der Waals surface area contributed by atoms with Crippen molar-refractivity contribution in [2.75, 3.05) is 0 Å². The number of para-hydroxylation sites is 4. The molecule has 0 saturated heterocycles. The van der Waals surface area contributed by atoms with Crippen molar-refractivity contribution in [2.24, 2.45) is 0 Å². The number of benzene rings is 7. The number of oxazole rings is 2. The molecule has 4 heteroatoms. The molecule has 0 bridgehead atoms. The lowest BCUT2D eigenvalue weighted by Crippen LogP contribution is -2.18. The van der Waals surface area contributed by atoms with Crippen LogP contribution >= 0.6 is 0 Å². The Labute approximate surface area is 313 Å². The lowest BCUT2D eigenvalue weighted by Gasteiger charge is -2.26. The number of nitrogens with zero attached hydrogens (tertiary/aromatic N) is 2. The molecule has 0 radical (unpaired) electrons. The molecule has 54 heavy (non-hydrogen) atoms. The van der Waals surface area contributed by atoms with E-state index in [1.165, 1.54) is 50.1 Å². The molecule has 0 N–H and O–H groups in total. The molecule has 2 aliphatic carbocycles. The van der Waals surface area contributed by atoms with E-state index < -0.39 is 0 Å². The van der Waals surface area contributed by atoms with Gasteiger partial charge in [0.25, 0.3) is 0 Å². The summed E-state index contributed by atoms with van der Waals surface area (Å²) >= 11 is 0. The van der Waals surface area contributed by atoms with Gasteiger partial charge in [0.15, 0.2) is 11.2 Å². The van der Waals surface area contributed by atoms with Crippen molar-refractivity contribution in [2.45, 2.75) is 38.5 Å². The van der Waals surface area contributed by atoms with Gasteiger partial charge in [0.2, 0.25) is 11.8 Å². The molecule has 2 heterocycles. The van der Waals surface area contributed by atoms with Gasteiger partial charge in [0.1, 0.15) is 11.0 Å². The molecular formula is C50H36N2O2. The van der Waals surface area contributed by atoms with Gasteiger partial charge in [-0.25, -0.2) is 9.97 Å². The smallest absolute Gasteiger partial charge is 0.227 e. The van der Waals surface area contributed by atoms with E-state index in [9.17, 15) is 0 Å². The third kappa shape index (κ3) is 4.43. The van der Waals surface area contributed by atoms with Crippen LogP contribution in [0.1, 0.15) is 49.9 Å². The average Bonchev–Trinajstić information content (AvgIpc) is 3.95. The van der Waals surface area contributed by atoms with Crippen molar-refractivity contribution in [1.29, 1.82) is 0 Å². The molecule has 0 spiro atoms. The Hall–Kier alpha value is -6.52. The molecule has 2 aromatic heterocycles. The minimum Gasteiger partial charge on any atom is -0.436 e. The first-order valence-electron chi connectivity index (χ1n) is 18.6. The van der Waals surface area contributed by atoms with Crippen LogP contribution < -0.4 is 0 Å². The molecule has 0 atom stereocenters. The molecule has 0 unspecified atom stereocenters. The van der Waals surface area contributed by atoms with Gasteiger partial charge in [0, 0.05) is 22.0 Å². The van der Waals surface area contributed by atoms with Crippen LogP contribution in [0.25, 0.3) is 89.6 Å². The SMILES string of the molecule is CC1(C)c2ccccc2-c2c1ccc1c2C(C)(C)c2cc(-c3cccc(-c4cc(-c5nc6ccccc6o5)cc(-c5nc6ccccc6o5)c4)c3)ccc2-1. The van der Waals surface area contributed by atoms with Crippen molar-refractivity contribution < 1.29 is 8.83 Å². The van der Waals surface area contributed by atoms with E-state index in [0.29, 0.717) is 11.8 Å². The Kier molecular flexibility index (Phi) is 6.33. The van der Waals surface area contributed by atoms with Crippen LogP contribution in [0.3, 0.4) is 0 Å². The van der Waals surface area contributed by atoms with Crippen LogP contribution in [-0.2, 0) is 10.8 Å². The fraction of sp³-hybridized carbons (Fsp3) is 0.120. The lowest BCUT2D eigenvalue weighted by atomic mass is 9.77. The van der Waals surface area contributed by atoms with E-state index in [0.717, 1.165) is 50.0 Å². The van der Waals surface area contributed by atoms with Gasteiger partial charge in [-0.2, -0.15) is 0 Å². The monoisotopic (exact) mass is 696 g/mol. The van der Waals surface area contributed by atoms with E-state index in [1.54, 1.807) is 0 Å². The van der Waals surface area contributed by atoms with Crippen molar-refractivity contribution >= 4 is 22.2 Å². The summed E-state index contributed by atoms with van der Waals surface area (Å²) in [7, 11) is 0. The zero-order valence-electron chi connectivity index (χ0n) is 30.6. The lowest BCUT2D eigenvalue weighted by molar-refractivity contribution is 0.617. The van der Waals surface area contributed by atoms with E-state index in [4.69, 9.17) is 18.8 Å².